The molecule has 0 unspecified atom stereocenters. The van der Waals surface area contributed by atoms with Crippen molar-refractivity contribution in [3.05, 3.63) is 88.3 Å². The number of nitro benzene ring substituents is 1. The van der Waals surface area contributed by atoms with Gasteiger partial charge in [0.05, 0.1) is 10.6 Å². The molecule has 0 bridgehead atoms. The van der Waals surface area contributed by atoms with Gasteiger partial charge in [0.2, 0.25) is 0 Å². The van der Waals surface area contributed by atoms with E-state index in [1.54, 1.807) is 12.1 Å². The summed E-state index contributed by atoms with van der Waals surface area (Å²) in [5.74, 6) is -0.359. The molecule has 0 saturated carbocycles. The fraction of sp³-hybridized carbons (Fsp3) is 0.0526. The Morgan fingerprint density at radius 1 is 1.23 bits per heavy atom. The Morgan fingerprint density at radius 2 is 2.00 bits per heavy atom. The Hall–Kier alpha value is -3.32. The van der Waals surface area contributed by atoms with Gasteiger partial charge in [0.1, 0.15) is 0 Å². The monoisotopic (exact) mass is 365 g/mol. The first-order valence-electron chi connectivity index (χ1n) is 7.78. The molecule has 2 aromatic carbocycles. The molecule has 26 heavy (non-hydrogen) atoms. The molecule has 0 saturated heterocycles. The second-order valence-corrected chi connectivity index (χ2v) is 6.23. The summed E-state index contributed by atoms with van der Waals surface area (Å²) in [7, 11) is 0. The van der Waals surface area contributed by atoms with Crippen molar-refractivity contribution in [3.63, 3.8) is 0 Å². The van der Waals surface area contributed by atoms with E-state index in [1.807, 2.05) is 35.7 Å². The molecule has 0 aliphatic carbocycles. The number of anilines is 1. The minimum Gasteiger partial charge on any atom is -0.280 e. The molecule has 3 aromatic rings. The second-order valence-electron chi connectivity index (χ2n) is 5.39. The van der Waals surface area contributed by atoms with Gasteiger partial charge in [-0.15, -0.1) is 17.9 Å². The fourth-order valence-corrected chi connectivity index (χ4v) is 3.26. The van der Waals surface area contributed by atoms with Gasteiger partial charge in [-0.2, -0.15) is 0 Å². The highest BCUT2D eigenvalue weighted by atomic mass is 32.1. The molecule has 1 amide bonds. The van der Waals surface area contributed by atoms with Gasteiger partial charge in [0, 0.05) is 35.2 Å². The third-order valence-electron chi connectivity index (χ3n) is 3.65. The van der Waals surface area contributed by atoms with Gasteiger partial charge in [-0.05, 0) is 6.07 Å². The number of hydrogen-bond acceptors (Lipinski definition) is 5. The smallest absolute Gasteiger partial charge is 0.270 e. The molecule has 130 valence electrons. The Bertz CT molecular complexity index is 953. The molecular weight excluding hydrogens is 350 g/mol. The first kappa shape index (κ1) is 17.5. The topological polar surface area (TPSA) is 76.3 Å². The van der Waals surface area contributed by atoms with E-state index >= 15 is 0 Å². The van der Waals surface area contributed by atoms with E-state index in [0.29, 0.717) is 5.13 Å². The van der Waals surface area contributed by atoms with Crippen LogP contribution < -0.4 is 4.90 Å². The van der Waals surface area contributed by atoms with Crippen LogP contribution in [-0.4, -0.2) is 22.4 Å². The van der Waals surface area contributed by atoms with E-state index in [4.69, 9.17) is 0 Å². The fourth-order valence-electron chi connectivity index (χ4n) is 2.42. The van der Waals surface area contributed by atoms with Crippen molar-refractivity contribution in [2.45, 2.75) is 0 Å². The predicted octanol–water partition coefficient (Wildman–Crippen LogP) is 4.55. The normalized spacial score (nSPS) is 10.3. The maximum Gasteiger partial charge on any atom is 0.270 e. The Balaban J connectivity index is 1.93. The highest BCUT2D eigenvalue weighted by Gasteiger charge is 2.21. The molecule has 0 atom stereocenters. The lowest BCUT2D eigenvalue weighted by Gasteiger charge is -2.18. The molecular formula is C19H15N3O3S. The standard InChI is InChI=1S/C19H15N3O3S/c1-2-11-21(18(23)15-9-6-10-16(12-15)22(24)25)19-20-17(13-26-19)14-7-4-3-5-8-14/h2-10,12-13H,1,11H2. The van der Waals surface area contributed by atoms with Gasteiger partial charge in [-0.3, -0.25) is 19.8 Å². The first-order chi connectivity index (χ1) is 12.6. The third kappa shape index (κ3) is 3.68. The van der Waals surface area contributed by atoms with Gasteiger partial charge < -0.3 is 0 Å². The predicted molar refractivity (Wildman–Crippen MR) is 103 cm³/mol. The number of aromatic nitrogens is 1. The minimum absolute atomic E-state index is 0.126. The Kier molecular flexibility index (Phi) is 5.19. The SMILES string of the molecule is C=CCN(C(=O)c1cccc([N+](=O)[O-])c1)c1nc(-c2ccccc2)cs1. The number of nitro groups is 1. The van der Waals surface area contributed by atoms with Crippen LogP contribution in [0.5, 0.6) is 0 Å². The van der Waals surface area contributed by atoms with Gasteiger partial charge in [0.15, 0.2) is 5.13 Å². The average Bonchev–Trinajstić information content (AvgIpc) is 3.16. The van der Waals surface area contributed by atoms with Gasteiger partial charge >= 0.3 is 0 Å². The molecule has 6 nitrogen and oxygen atoms in total. The third-order valence-corrected chi connectivity index (χ3v) is 4.52. The van der Waals surface area contributed by atoms with Crippen LogP contribution in [0.3, 0.4) is 0 Å². The molecule has 1 aromatic heterocycles. The summed E-state index contributed by atoms with van der Waals surface area (Å²) >= 11 is 1.34. The molecule has 0 N–H and O–H groups in total. The van der Waals surface area contributed by atoms with Crippen LogP contribution in [0, 0.1) is 10.1 Å². The molecule has 0 aliphatic rings. The highest BCUT2D eigenvalue weighted by molar-refractivity contribution is 7.14. The lowest BCUT2D eigenvalue weighted by atomic mass is 10.2. The first-order valence-corrected chi connectivity index (χ1v) is 8.66. The van der Waals surface area contributed by atoms with Crippen LogP contribution in [-0.2, 0) is 0 Å². The summed E-state index contributed by atoms with van der Waals surface area (Å²) in [5, 5.41) is 13.3. The summed E-state index contributed by atoms with van der Waals surface area (Å²) < 4.78 is 0. The van der Waals surface area contributed by atoms with Crippen molar-refractivity contribution in [1.82, 2.24) is 4.98 Å². The van der Waals surface area contributed by atoms with E-state index in [2.05, 4.69) is 11.6 Å². The number of nitrogens with zero attached hydrogens (tertiary/aromatic N) is 3. The molecule has 7 heteroatoms. The van der Waals surface area contributed by atoms with Crippen molar-refractivity contribution in [2.24, 2.45) is 0 Å². The molecule has 1 heterocycles. The zero-order chi connectivity index (χ0) is 18.5. The van der Waals surface area contributed by atoms with Crippen LogP contribution >= 0.6 is 11.3 Å². The lowest BCUT2D eigenvalue weighted by Crippen LogP contribution is -2.31. The van der Waals surface area contributed by atoms with Crippen LogP contribution in [0.1, 0.15) is 10.4 Å². The van der Waals surface area contributed by atoms with Crippen LogP contribution in [0.25, 0.3) is 11.3 Å². The number of rotatable bonds is 6. The van der Waals surface area contributed by atoms with E-state index in [0.717, 1.165) is 11.3 Å². The number of benzene rings is 2. The largest absolute Gasteiger partial charge is 0.280 e. The number of carbonyl (C=O) groups is 1. The van der Waals surface area contributed by atoms with Crippen molar-refractivity contribution in [1.29, 1.82) is 0 Å². The summed E-state index contributed by atoms with van der Waals surface area (Å²) in [4.78, 5) is 29.3. The molecule has 0 radical (unpaired) electrons. The highest BCUT2D eigenvalue weighted by Crippen LogP contribution is 2.28. The summed E-state index contributed by atoms with van der Waals surface area (Å²) in [6.07, 6.45) is 1.60. The molecule has 3 rings (SSSR count). The van der Waals surface area contributed by atoms with E-state index in [1.165, 1.54) is 34.4 Å². The van der Waals surface area contributed by atoms with Crippen LogP contribution in [0.4, 0.5) is 10.8 Å². The summed E-state index contributed by atoms with van der Waals surface area (Å²) in [6.45, 7) is 3.94. The van der Waals surface area contributed by atoms with Crippen molar-refractivity contribution in [2.75, 3.05) is 11.4 Å². The maximum absolute atomic E-state index is 12.9. The van der Waals surface area contributed by atoms with Gasteiger partial charge in [-0.1, -0.05) is 42.5 Å². The Morgan fingerprint density at radius 3 is 2.69 bits per heavy atom. The molecule has 0 fully saturated rings. The van der Waals surface area contributed by atoms with Gasteiger partial charge in [0.25, 0.3) is 11.6 Å². The number of carbonyl (C=O) groups excluding carboxylic acids is 1. The van der Waals surface area contributed by atoms with Crippen LogP contribution in [0.15, 0.2) is 72.6 Å². The number of amides is 1. The quantitative estimate of drug-likeness (QED) is 0.365. The van der Waals surface area contributed by atoms with Crippen molar-refractivity contribution >= 4 is 28.1 Å². The summed E-state index contributed by atoms with van der Waals surface area (Å²) in [5.41, 5.74) is 1.83. The second kappa shape index (κ2) is 7.71. The number of non-ortho nitro benzene ring substituents is 1. The average molecular weight is 365 g/mol. The lowest BCUT2D eigenvalue weighted by molar-refractivity contribution is -0.384. The number of thiazole rings is 1. The summed E-state index contributed by atoms with van der Waals surface area (Å²) in [6, 6.07) is 15.3. The van der Waals surface area contributed by atoms with E-state index < -0.39 is 4.92 Å². The molecule has 0 aliphatic heterocycles. The Labute approximate surface area is 154 Å². The van der Waals surface area contributed by atoms with E-state index in [-0.39, 0.29) is 23.7 Å². The van der Waals surface area contributed by atoms with Crippen molar-refractivity contribution < 1.29 is 9.72 Å². The van der Waals surface area contributed by atoms with Gasteiger partial charge in [-0.25, -0.2) is 4.98 Å². The zero-order valence-electron chi connectivity index (χ0n) is 13.7. The number of hydrogen-bond donors (Lipinski definition) is 0. The maximum atomic E-state index is 12.9. The van der Waals surface area contributed by atoms with Crippen LogP contribution in [0.2, 0.25) is 0 Å². The zero-order valence-corrected chi connectivity index (χ0v) is 14.6. The molecule has 0 spiro atoms. The van der Waals surface area contributed by atoms with Crippen molar-refractivity contribution in [3.8, 4) is 11.3 Å². The minimum atomic E-state index is -0.522. The van der Waals surface area contributed by atoms with E-state index in [9.17, 15) is 14.9 Å².